The molecule has 0 bridgehead atoms. The van der Waals surface area contributed by atoms with Crippen molar-refractivity contribution < 1.29 is 41.0 Å². The number of rotatable bonds is 3. The summed E-state index contributed by atoms with van der Waals surface area (Å²) in [5.74, 6) is 0. The van der Waals surface area contributed by atoms with Crippen LogP contribution in [0.2, 0.25) is 0 Å². The summed E-state index contributed by atoms with van der Waals surface area (Å²) in [4.78, 5) is 13.1. The average Bonchev–Trinajstić information content (AvgIpc) is 3.60. The average molecular weight is 898 g/mol. The molecule has 0 aliphatic carbocycles. The first-order valence-corrected chi connectivity index (χ1v) is 17.3. The van der Waals surface area contributed by atoms with E-state index in [1.807, 2.05) is 36.5 Å². The molecule has 0 unspecified atom stereocenters. The summed E-state index contributed by atoms with van der Waals surface area (Å²) in [6.07, 6.45) is 3.11. The third kappa shape index (κ3) is 7.94. The summed E-state index contributed by atoms with van der Waals surface area (Å²) in [5.41, 5.74) is 5.50. The summed E-state index contributed by atoms with van der Waals surface area (Å²) >= 11 is 0. The second kappa shape index (κ2) is 15.1. The topological polar surface area (TPSA) is 51.8 Å². The number of nitrogens with zero attached hydrogens (tertiary/aromatic N) is 3. The van der Waals surface area contributed by atoms with Crippen LogP contribution in [-0.2, 0) is 30.9 Å². The van der Waals surface area contributed by atoms with E-state index in [2.05, 4.69) is 68.6 Å². The van der Waals surface area contributed by atoms with Crippen molar-refractivity contribution in [1.82, 2.24) is 15.0 Å². The molecule has 4 aromatic heterocycles. The number of aromatic nitrogens is 3. The van der Waals surface area contributed by atoms with Crippen LogP contribution in [0.25, 0.3) is 66.5 Å². The number of hydrogen-bond donors (Lipinski definition) is 0. The second-order valence-corrected chi connectivity index (χ2v) is 15.2. The molecular weight excluding hydrogens is 839 g/mol. The van der Waals surface area contributed by atoms with Gasteiger partial charge < -0.3 is 14.4 Å². The maximum atomic E-state index is 8.40. The van der Waals surface area contributed by atoms with Gasteiger partial charge in [-0.3, -0.25) is 0 Å². The Hall–Kier alpha value is -4.96. The minimum atomic E-state index is -2.59. The quantitative estimate of drug-likeness (QED) is 0.166. The van der Waals surface area contributed by atoms with Crippen LogP contribution in [0.15, 0.2) is 108 Å². The fourth-order valence-corrected chi connectivity index (χ4v) is 6.20. The molecule has 54 heavy (non-hydrogen) atoms. The van der Waals surface area contributed by atoms with Gasteiger partial charge in [-0.1, -0.05) is 102 Å². The van der Waals surface area contributed by atoms with Crippen LogP contribution >= 0.6 is 0 Å². The summed E-state index contributed by atoms with van der Waals surface area (Å²) < 4.78 is 101. The molecular formula is C49H47IrN3O-2. The molecule has 1 radical (unpaired) electrons. The normalized spacial score (nSPS) is 16.0. The van der Waals surface area contributed by atoms with Gasteiger partial charge in [-0.2, -0.15) is 0 Å². The van der Waals surface area contributed by atoms with Crippen molar-refractivity contribution in [2.45, 2.75) is 79.8 Å². The van der Waals surface area contributed by atoms with Crippen LogP contribution in [0, 0.1) is 39.5 Å². The minimum Gasteiger partial charge on any atom is -0.486 e. The molecule has 0 aliphatic heterocycles. The molecule has 5 heteroatoms. The van der Waals surface area contributed by atoms with Gasteiger partial charge in [0.25, 0.3) is 0 Å². The molecule has 0 fully saturated rings. The van der Waals surface area contributed by atoms with Crippen molar-refractivity contribution in [3.63, 3.8) is 0 Å². The standard InChI is InChI=1S/C33H29N2O.C16H18N.Ir/c1-19-14-23-15-24(33(4,5)6)12-11-22(23)16-28(19)29-17-30(34-18-20(29)2)27-9-7-8-25-26-13-10-21(3)35-32(26)36-31(25)27;1-12-5-7-13(8-6-12)15-10-9-14(11-17-15)16(2,3)4;/h7-8,10-18H,1-6H3;5-7,9-11H,1-4H3;/q2*-1;/i1D3,2D3,3D3;1D3;. The van der Waals surface area contributed by atoms with Crippen molar-refractivity contribution >= 4 is 32.8 Å². The van der Waals surface area contributed by atoms with Crippen molar-refractivity contribution in [2.75, 3.05) is 0 Å². The number of benzene rings is 4. The van der Waals surface area contributed by atoms with E-state index in [-0.39, 0.29) is 64.6 Å². The predicted molar refractivity (Wildman–Crippen MR) is 221 cm³/mol. The van der Waals surface area contributed by atoms with E-state index in [4.69, 9.17) is 20.9 Å². The van der Waals surface area contributed by atoms with E-state index in [1.54, 1.807) is 48.5 Å². The Kier molecular flexibility index (Phi) is 7.23. The third-order valence-electron chi connectivity index (χ3n) is 9.31. The van der Waals surface area contributed by atoms with E-state index in [0.717, 1.165) is 27.6 Å². The Morgan fingerprint density at radius 3 is 2.09 bits per heavy atom. The summed E-state index contributed by atoms with van der Waals surface area (Å²) in [7, 11) is 0. The summed E-state index contributed by atoms with van der Waals surface area (Å²) in [5, 5.41) is 2.76. The molecule has 0 spiro atoms. The molecule has 0 saturated carbocycles. The van der Waals surface area contributed by atoms with Crippen LogP contribution in [0.5, 0.6) is 0 Å². The largest absolute Gasteiger partial charge is 0.486 e. The third-order valence-corrected chi connectivity index (χ3v) is 9.31. The zero-order valence-electron chi connectivity index (χ0n) is 42.9. The first-order valence-electron chi connectivity index (χ1n) is 23.3. The van der Waals surface area contributed by atoms with E-state index in [9.17, 15) is 0 Å². The molecule has 4 aromatic carbocycles. The molecule has 0 saturated heterocycles. The van der Waals surface area contributed by atoms with E-state index in [1.165, 1.54) is 23.9 Å². The van der Waals surface area contributed by atoms with Gasteiger partial charge in [-0.25, -0.2) is 4.98 Å². The molecule has 0 atom stereocenters. The number of aryl methyl sites for hydroxylation is 4. The molecule has 4 heterocycles. The Morgan fingerprint density at radius 1 is 0.630 bits per heavy atom. The molecule has 8 rings (SSSR count). The van der Waals surface area contributed by atoms with Gasteiger partial charge in [0, 0.05) is 60.0 Å². The first-order chi connectivity index (χ1) is 30.0. The van der Waals surface area contributed by atoms with Gasteiger partial charge in [-0.15, -0.1) is 53.6 Å². The molecule has 0 N–H and O–H groups in total. The van der Waals surface area contributed by atoms with Gasteiger partial charge in [0.2, 0.25) is 5.71 Å². The predicted octanol–water partition coefficient (Wildman–Crippen LogP) is 13.0. The van der Waals surface area contributed by atoms with Crippen molar-refractivity contribution in [3.05, 3.63) is 149 Å². The maximum Gasteiger partial charge on any atom is 0.216 e. The smallest absolute Gasteiger partial charge is 0.216 e. The monoisotopic (exact) mass is 898 g/mol. The Labute approximate surface area is 350 Å². The number of hydrogen-bond acceptors (Lipinski definition) is 4. The maximum absolute atomic E-state index is 8.40. The van der Waals surface area contributed by atoms with E-state index in [0.29, 0.717) is 33.2 Å². The molecule has 8 aromatic rings. The number of pyridine rings is 3. The Balaban J connectivity index is 0.000000288. The van der Waals surface area contributed by atoms with Crippen molar-refractivity contribution in [1.29, 1.82) is 0 Å². The van der Waals surface area contributed by atoms with Crippen molar-refractivity contribution in [3.8, 4) is 33.6 Å². The Bertz CT molecular complexity index is 2990. The zero-order valence-corrected chi connectivity index (χ0v) is 33.3. The SMILES string of the molecule is [2H]C([2H])([2H])c1c[c-]c(-c2ccc(C(C)(C)C)cn2)cc1.[2H]C([2H])([2H])c1ccc2c(n1)oc1c(-c3cc(-c4cc5ccc(C(C)(C)C)cc5cc4C([2H])([2H])[2H])c(C([2H])([2H])[2H])cn3)[c-]ccc12.[Ir]. The van der Waals surface area contributed by atoms with Crippen LogP contribution in [0.1, 0.15) is 91.5 Å². The van der Waals surface area contributed by atoms with Gasteiger partial charge in [0.1, 0.15) is 0 Å². The van der Waals surface area contributed by atoms with Gasteiger partial charge in [0.05, 0.1) is 5.58 Å². The van der Waals surface area contributed by atoms with Crippen LogP contribution in [0.4, 0.5) is 0 Å². The molecule has 275 valence electrons. The fraction of sp³-hybridized carbons (Fsp3) is 0.245. The molecule has 0 amide bonds. The van der Waals surface area contributed by atoms with Crippen LogP contribution < -0.4 is 0 Å². The van der Waals surface area contributed by atoms with Crippen LogP contribution in [-0.4, -0.2) is 15.0 Å². The number of fused-ring (bicyclic) bond motifs is 4. The summed E-state index contributed by atoms with van der Waals surface area (Å²) in [6.45, 7) is 3.01. The van der Waals surface area contributed by atoms with Crippen molar-refractivity contribution in [2.24, 2.45) is 0 Å². The molecule has 0 aliphatic rings. The molecule has 4 nitrogen and oxygen atoms in total. The zero-order chi connectivity index (χ0) is 47.7. The van der Waals surface area contributed by atoms with E-state index >= 15 is 0 Å². The minimum absolute atomic E-state index is 0. The number of furan rings is 1. The fourth-order valence-electron chi connectivity index (χ4n) is 6.20. The van der Waals surface area contributed by atoms with Crippen LogP contribution in [0.3, 0.4) is 0 Å². The van der Waals surface area contributed by atoms with Gasteiger partial charge in [0.15, 0.2) is 0 Å². The van der Waals surface area contributed by atoms with Gasteiger partial charge >= 0.3 is 0 Å². The first kappa shape index (κ1) is 25.9. The van der Waals surface area contributed by atoms with E-state index < -0.39 is 27.4 Å². The Morgan fingerprint density at radius 2 is 1.41 bits per heavy atom. The summed E-state index contributed by atoms with van der Waals surface area (Å²) in [6, 6.07) is 32.3. The van der Waals surface area contributed by atoms with Gasteiger partial charge in [-0.05, 0) is 105 Å². The second-order valence-electron chi connectivity index (χ2n) is 15.2.